The Bertz CT molecular complexity index is 149. The first-order valence-electron chi connectivity index (χ1n) is 4.30. The standard InChI is InChI=1S/C9H16O/c1-9(2)6-3-4-8(10)7(9)5-6/h6-8,10H,3-5H2,1-2H3/t6-,7-,8-/m1/s1. The minimum absolute atomic E-state index is 0.0139. The van der Waals surface area contributed by atoms with Crippen molar-refractivity contribution in [2.45, 2.75) is 39.2 Å². The number of aliphatic hydroxyl groups is 1. The molecular weight excluding hydrogens is 124 g/mol. The number of aliphatic hydroxyl groups excluding tert-OH is 1. The van der Waals surface area contributed by atoms with Crippen LogP contribution in [-0.4, -0.2) is 11.2 Å². The van der Waals surface area contributed by atoms with Crippen molar-refractivity contribution in [3.63, 3.8) is 0 Å². The molecule has 0 aliphatic heterocycles. The first kappa shape index (κ1) is 6.66. The SMILES string of the molecule is CC1(C)[C@@H]2CC[C@@H](O)[C@H]1C2. The zero-order valence-corrected chi connectivity index (χ0v) is 6.80. The first-order valence-corrected chi connectivity index (χ1v) is 4.30. The molecule has 1 nitrogen and oxygen atoms in total. The van der Waals surface area contributed by atoms with Gasteiger partial charge in [-0.25, -0.2) is 0 Å². The van der Waals surface area contributed by atoms with E-state index in [0.29, 0.717) is 11.3 Å². The fourth-order valence-corrected chi connectivity index (χ4v) is 2.77. The third kappa shape index (κ3) is 0.619. The molecule has 3 aliphatic rings. The predicted molar refractivity (Wildman–Crippen MR) is 40.6 cm³/mol. The molecule has 0 heterocycles. The molecule has 1 heteroatoms. The van der Waals surface area contributed by atoms with E-state index in [-0.39, 0.29) is 6.10 Å². The molecule has 10 heavy (non-hydrogen) atoms. The van der Waals surface area contributed by atoms with E-state index in [9.17, 15) is 5.11 Å². The maximum absolute atomic E-state index is 9.55. The van der Waals surface area contributed by atoms with Gasteiger partial charge in [0.15, 0.2) is 0 Å². The van der Waals surface area contributed by atoms with Crippen LogP contribution in [0.1, 0.15) is 33.1 Å². The Balaban J connectivity index is 2.16. The van der Waals surface area contributed by atoms with Crippen molar-refractivity contribution in [1.82, 2.24) is 0 Å². The Morgan fingerprint density at radius 3 is 2.30 bits per heavy atom. The molecule has 0 unspecified atom stereocenters. The van der Waals surface area contributed by atoms with E-state index in [0.717, 1.165) is 12.3 Å². The summed E-state index contributed by atoms with van der Waals surface area (Å²) >= 11 is 0. The van der Waals surface area contributed by atoms with Crippen molar-refractivity contribution < 1.29 is 5.11 Å². The van der Waals surface area contributed by atoms with Crippen molar-refractivity contribution in [2.75, 3.05) is 0 Å². The third-order valence-corrected chi connectivity index (χ3v) is 3.82. The summed E-state index contributed by atoms with van der Waals surface area (Å²) in [6, 6.07) is 0. The van der Waals surface area contributed by atoms with Gasteiger partial charge in [0.2, 0.25) is 0 Å². The number of hydrogen-bond acceptors (Lipinski definition) is 1. The molecule has 3 saturated carbocycles. The monoisotopic (exact) mass is 140 g/mol. The summed E-state index contributed by atoms with van der Waals surface area (Å²) < 4.78 is 0. The fourth-order valence-electron chi connectivity index (χ4n) is 2.77. The van der Waals surface area contributed by atoms with Crippen LogP contribution in [0.5, 0.6) is 0 Å². The van der Waals surface area contributed by atoms with Crippen molar-refractivity contribution >= 4 is 0 Å². The minimum Gasteiger partial charge on any atom is -0.393 e. The van der Waals surface area contributed by atoms with E-state index in [1.165, 1.54) is 12.8 Å². The van der Waals surface area contributed by atoms with E-state index >= 15 is 0 Å². The molecule has 3 atom stereocenters. The zero-order valence-electron chi connectivity index (χ0n) is 6.80. The predicted octanol–water partition coefficient (Wildman–Crippen LogP) is 1.80. The summed E-state index contributed by atoms with van der Waals surface area (Å²) in [7, 11) is 0. The van der Waals surface area contributed by atoms with E-state index in [1.54, 1.807) is 0 Å². The summed E-state index contributed by atoms with van der Waals surface area (Å²) in [4.78, 5) is 0. The van der Waals surface area contributed by atoms with Crippen LogP contribution < -0.4 is 0 Å². The van der Waals surface area contributed by atoms with Gasteiger partial charge in [-0.2, -0.15) is 0 Å². The molecule has 0 spiro atoms. The summed E-state index contributed by atoms with van der Waals surface area (Å²) in [5.41, 5.74) is 0.456. The van der Waals surface area contributed by atoms with Crippen LogP contribution >= 0.6 is 0 Å². The highest BCUT2D eigenvalue weighted by Gasteiger charge is 2.53. The van der Waals surface area contributed by atoms with Gasteiger partial charge < -0.3 is 5.11 Å². The molecule has 58 valence electrons. The first-order chi connectivity index (χ1) is 4.62. The Hall–Kier alpha value is -0.0400. The van der Waals surface area contributed by atoms with Gasteiger partial charge in [-0.1, -0.05) is 13.8 Å². The lowest BCUT2D eigenvalue weighted by molar-refractivity contribution is -0.139. The van der Waals surface area contributed by atoms with Gasteiger partial charge in [0.25, 0.3) is 0 Å². The Morgan fingerprint density at radius 2 is 2.00 bits per heavy atom. The second-order valence-corrected chi connectivity index (χ2v) is 4.51. The summed E-state index contributed by atoms with van der Waals surface area (Å²) in [5.74, 6) is 1.53. The summed E-state index contributed by atoms with van der Waals surface area (Å²) in [6.45, 7) is 4.60. The van der Waals surface area contributed by atoms with Crippen LogP contribution in [0, 0.1) is 17.3 Å². The number of hydrogen-bond donors (Lipinski definition) is 1. The van der Waals surface area contributed by atoms with E-state index in [4.69, 9.17) is 0 Å². The average Bonchev–Trinajstić information content (AvgIpc) is 1.87. The molecule has 1 N–H and O–H groups in total. The van der Waals surface area contributed by atoms with Crippen LogP contribution in [0.4, 0.5) is 0 Å². The summed E-state index contributed by atoms with van der Waals surface area (Å²) in [5, 5.41) is 9.55. The molecule has 0 aromatic heterocycles. The normalized spacial score (nSPS) is 50.1. The number of fused-ring (bicyclic) bond motifs is 2. The molecule has 2 bridgehead atoms. The van der Waals surface area contributed by atoms with Gasteiger partial charge in [0.05, 0.1) is 6.10 Å². The minimum atomic E-state index is 0.0139. The molecule has 0 aromatic carbocycles. The smallest absolute Gasteiger partial charge is 0.0573 e. The maximum atomic E-state index is 9.55. The molecule has 3 fully saturated rings. The van der Waals surface area contributed by atoms with Gasteiger partial charge >= 0.3 is 0 Å². The van der Waals surface area contributed by atoms with Gasteiger partial charge in [0.1, 0.15) is 0 Å². The average molecular weight is 140 g/mol. The largest absolute Gasteiger partial charge is 0.393 e. The van der Waals surface area contributed by atoms with Gasteiger partial charge in [-0.05, 0) is 36.5 Å². The van der Waals surface area contributed by atoms with Crippen molar-refractivity contribution in [3.8, 4) is 0 Å². The lowest BCUT2D eigenvalue weighted by Gasteiger charge is -2.58. The van der Waals surface area contributed by atoms with Crippen LogP contribution in [0.2, 0.25) is 0 Å². The van der Waals surface area contributed by atoms with Gasteiger partial charge in [-0.3, -0.25) is 0 Å². The van der Waals surface area contributed by atoms with Crippen LogP contribution in [0.15, 0.2) is 0 Å². The number of rotatable bonds is 0. The highest BCUT2D eigenvalue weighted by atomic mass is 16.3. The lowest BCUT2D eigenvalue weighted by atomic mass is 9.48. The molecule has 0 saturated heterocycles. The molecule has 0 radical (unpaired) electrons. The third-order valence-electron chi connectivity index (χ3n) is 3.82. The molecule has 3 aliphatic carbocycles. The lowest BCUT2D eigenvalue weighted by Crippen LogP contribution is -2.54. The Morgan fingerprint density at radius 1 is 1.30 bits per heavy atom. The van der Waals surface area contributed by atoms with Crippen molar-refractivity contribution in [2.24, 2.45) is 17.3 Å². The van der Waals surface area contributed by atoms with E-state index in [1.807, 2.05) is 0 Å². The zero-order chi connectivity index (χ0) is 7.35. The summed E-state index contributed by atoms with van der Waals surface area (Å²) in [6.07, 6.45) is 3.61. The molecule has 0 aromatic rings. The Labute approximate surface area is 62.4 Å². The van der Waals surface area contributed by atoms with E-state index < -0.39 is 0 Å². The molecular formula is C9H16O. The molecule has 0 amide bonds. The maximum Gasteiger partial charge on any atom is 0.0573 e. The Kier molecular flexibility index (Phi) is 1.17. The second-order valence-electron chi connectivity index (χ2n) is 4.51. The quantitative estimate of drug-likeness (QED) is 0.544. The van der Waals surface area contributed by atoms with Crippen LogP contribution in [0.3, 0.4) is 0 Å². The van der Waals surface area contributed by atoms with Crippen molar-refractivity contribution in [3.05, 3.63) is 0 Å². The van der Waals surface area contributed by atoms with Crippen LogP contribution in [0.25, 0.3) is 0 Å². The highest BCUT2D eigenvalue weighted by molar-refractivity contribution is 5.03. The van der Waals surface area contributed by atoms with Crippen molar-refractivity contribution in [1.29, 1.82) is 0 Å². The van der Waals surface area contributed by atoms with E-state index in [2.05, 4.69) is 13.8 Å². The highest BCUT2D eigenvalue weighted by Crippen LogP contribution is 2.58. The topological polar surface area (TPSA) is 20.2 Å². The van der Waals surface area contributed by atoms with Gasteiger partial charge in [0, 0.05) is 0 Å². The second kappa shape index (κ2) is 1.76. The van der Waals surface area contributed by atoms with Gasteiger partial charge in [-0.15, -0.1) is 0 Å². The molecule has 3 rings (SSSR count). The van der Waals surface area contributed by atoms with Crippen LogP contribution in [-0.2, 0) is 0 Å². The fraction of sp³-hybridized carbons (Fsp3) is 1.00.